The number of carbonyl (C=O) groups is 1. The number of methoxy groups -OCH3 is 1. The van der Waals surface area contributed by atoms with Gasteiger partial charge in [0.05, 0.1) is 7.11 Å². The Morgan fingerprint density at radius 2 is 2.40 bits per heavy atom. The number of nitrogens with zero attached hydrogens (tertiary/aromatic N) is 1. The molecular formula is C15H18BrNO3. The van der Waals surface area contributed by atoms with Gasteiger partial charge in [0, 0.05) is 17.4 Å². The molecule has 2 atom stereocenters. The van der Waals surface area contributed by atoms with Gasteiger partial charge in [-0.05, 0) is 43.1 Å². The number of hydrogen-bond donors (Lipinski definition) is 0. The van der Waals surface area contributed by atoms with Crippen molar-refractivity contribution >= 4 is 21.9 Å². The van der Waals surface area contributed by atoms with Crippen LogP contribution in [0.4, 0.5) is 0 Å². The van der Waals surface area contributed by atoms with E-state index in [0.717, 1.165) is 42.6 Å². The van der Waals surface area contributed by atoms with Crippen LogP contribution in [-0.2, 0) is 16.0 Å². The van der Waals surface area contributed by atoms with Crippen LogP contribution < -0.4 is 4.74 Å². The van der Waals surface area contributed by atoms with E-state index in [1.807, 2.05) is 12.1 Å². The molecule has 0 aliphatic carbocycles. The molecule has 2 heterocycles. The quantitative estimate of drug-likeness (QED) is 0.792. The fourth-order valence-electron chi connectivity index (χ4n) is 3.10. The fourth-order valence-corrected chi connectivity index (χ4v) is 3.51. The SMILES string of the molecule is COC(=O)C1CCCN1CC1Cc2cc(Br)ccc2O1. The lowest BCUT2D eigenvalue weighted by molar-refractivity contribution is -0.146. The first-order valence-corrected chi connectivity index (χ1v) is 7.73. The molecule has 0 spiro atoms. The summed E-state index contributed by atoms with van der Waals surface area (Å²) >= 11 is 3.48. The Balaban J connectivity index is 1.64. The van der Waals surface area contributed by atoms with Gasteiger partial charge in [0.1, 0.15) is 17.9 Å². The van der Waals surface area contributed by atoms with Crippen LogP contribution in [0, 0.1) is 0 Å². The summed E-state index contributed by atoms with van der Waals surface area (Å²) in [6.07, 6.45) is 2.96. The van der Waals surface area contributed by atoms with E-state index in [9.17, 15) is 4.79 Å². The van der Waals surface area contributed by atoms with Crippen molar-refractivity contribution in [3.63, 3.8) is 0 Å². The molecule has 1 saturated heterocycles. The average Bonchev–Trinajstić information content (AvgIpc) is 3.04. The topological polar surface area (TPSA) is 38.8 Å². The monoisotopic (exact) mass is 339 g/mol. The summed E-state index contributed by atoms with van der Waals surface area (Å²) in [6.45, 7) is 1.73. The lowest BCUT2D eigenvalue weighted by Crippen LogP contribution is -2.42. The molecular weight excluding hydrogens is 322 g/mol. The molecule has 4 nitrogen and oxygen atoms in total. The summed E-state index contributed by atoms with van der Waals surface area (Å²) in [4.78, 5) is 13.9. The largest absolute Gasteiger partial charge is 0.488 e. The number of hydrogen-bond acceptors (Lipinski definition) is 4. The number of halogens is 1. The average molecular weight is 340 g/mol. The number of rotatable bonds is 3. The van der Waals surface area contributed by atoms with Gasteiger partial charge in [-0.2, -0.15) is 0 Å². The maximum atomic E-state index is 11.8. The number of fused-ring (bicyclic) bond motifs is 1. The highest BCUT2D eigenvalue weighted by Crippen LogP contribution is 2.32. The Bertz CT molecular complexity index is 520. The molecule has 0 aromatic heterocycles. The van der Waals surface area contributed by atoms with Crippen molar-refractivity contribution in [1.82, 2.24) is 4.90 Å². The zero-order valence-corrected chi connectivity index (χ0v) is 13.1. The van der Waals surface area contributed by atoms with Crippen LogP contribution in [0.25, 0.3) is 0 Å². The Kier molecular flexibility index (Phi) is 3.98. The minimum absolute atomic E-state index is 0.0981. The Labute approximate surface area is 127 Å². The number of likely N-dealkylation sites (tertiary alicyclic amines) is 1. The predicted octanol–water partition coefficient (Wildman–Crippen LogP) is 2.39. The maximum Gasteiger partial charge on any atom is 0.323 e. The molecule has 108 valence electrons. The first-order chi connectivity index (χ1) is 9.67. The summed E-state index contributed by atoms with van der Waals surface area (Å²) in [7, 11) is 1.46. The molecule has 1 aromatic carbocycles. The summed E-state index contributed by atoms with van der Waals surface area (Å²) in [5.74, 6) is 0.841. The highest BCUT2D eigenvalue weighted by molar-refractivity contribution is 9.10. The van der Waals surface area contributed by atoms with Crippen molar-refractivity contribution in [2.45, 2.75) is 31.4 Å². The Hall–Kier alpha value is -1.07. The van der Waals surface area contributed by atoms with Crippen LogP contribution in [0.3, 0.4) is 0 Å². The van der Waals surface area contributed by atoms with E-state index < -0.39 is 0 Å². The molecule has 0 saturated carbocycles. The lowest BCUT2D eigenvalue weighted by Gasteiger charge is -2.25. The van der Waals surface area contributed by atoms with Crippen LogP contribution in [-0.4, -0.2) is 43.2 Å². The summed E-state index contributed by atoms with van der Waals surface area (Å²) in [5.41, 5.74) is 1.23. The predicted molar refractivity (Wildman–Crippen MR) is 78.9 cm³/mol. The maximum absolute atomic E-state index is 11.8. The standard InChI is InChI=1S/C15H18BrNO3/c1-19-15(18)13-3-2-6-17(13)9-12-8-10-7-11(16)4-5-14(10)20-12/h4-5,7,12-13H,2-3,6,8-9H2,1H3. The molecule has 20 heavy (non-hydrogen) atoms. The Morgan fingerprint density at radius 1 is 1.55 bits per heavy atom. The summed E-state index contributed by atoms with van der Waals surface area (Å²) in [6, 6.07) is 6.01. The second kappa shape index (κ2) is 5.74. The third-order valence-corrected chi connectivity index (χ3v) is 4.53. The molecule has 0 bridgehead atoms. The molecule has 2 unspecified atom stereocenters. The molecule has 2 aliphatic heterocycles. The zero-order chi connectivity index (χ0) is 14.1. The van der Waals surface area contributed by atoms with Gasteiger partial charge in [-0.3, -0.25) is 9.69 Å². The molecule has 3 rings (SSSR count). The molecule has 0 radical (unpaired) electrons. The van der Waals surface area contributed by atoms with Gasteiger partial charge in [-0.15, -0.1) is 0 Å². The Morgan fingerprint density at radius 3 is 3.20 bits per heavy atom. The third kappa shape index (κ3) is 2.69. The van der Waals surface area contributed by atoms with E-state index in [1.54, 1.807) is 0 Å². The second-order valence-electron chi connectivity index (χ2n) is 5.37. The third-order valence-electron chi connectivity index (χ3n) is 4.04. The molecule has 1 aromatic rings. The second-order valence-corrected chi connectivity index (χ2v) is 6.29. The number of esters is 1. The molecule has 0 N–H and O–H groups in total. The van der Waals surface area contributed by atoms with Gasteiger partial charge >= 0.3 is 5.97 Å². The van der Waals surface area contributed by atoms with Crippen LogP contribution in [0.1, 0.15) is 18.4 Å². The normalized spacial score (nSPS) is 25.3. The smallest absolute Gasteiger partial charge is 0.323 e. The minimum Gasteiger partial charge on any atom is -0.488 e. The van der Waals surface area contributed by atoms with Crippen LogP contribution >= 0.6 is 15.9 Å². The highest BCUT2D eigenvalue weighted by atomic mass is 79.9. The van der Waals surface area contributed by atoms with Gasteiger partial charge in [-0.25, -0.2) is 0 Å². The van der Waals surface area contributed by atoms with E-state index >= 15 is 0 Å². The van der Waals surface area contributed by atoms with E-state index in [1.165, 1.54) is 12.7 Å². The number of carbonyl (C=O) groups excluding carboxylic acids is 1. The van der Waals surface area contributed by atoms with E-state index in [0.29, 0.717) is 0 Å². The lowest BCUT2D eigenvalue weighted by atomic mass is 10.1. The molecule has 5 heteroatoms. The molecule has 2 aliphatic rings. The van der Waals surface area contributed by atoms with Crippen molar-refractivity contribution < 1.29 is 14.3 Å². The zero-order valence-electron chi connectivity index (χ0n) is 11.5. The van der Waals surface area contributed by atoms with Crippen molar-refractivity contribution in [2.75, 3.05) is 20.2 Å². The van der Waals surface area contributed by atoms with E-state index in [2.05, 4.69) is 26.9 Å². The van der Waals surface area contributed by atoms with Crippen molar-refractivity contribution in [2.24, 2.45) is 0 Å². The summed E-state index contributed by atoms with van der Waals surface area (Å²) in [5, 5.41) is 0. The van der Waals surface area contributed by atoms with Gasteiger partial charge < -0.3 is 9.47 Å². The van der Waals surface area contributed by atoms with Crippen molar-refractivity contribution in [3.8, 4) is 5.75 Å². The first-order valence-electron chi connectivity index (χ1n) is 6.94. The van der Waals surface area contributed by atoms with Gasteiger partial charge in [-0.1, -0.05) is 15.9 Å². The highest BCUT2D eigenvalue weighted by Gasteiger charge is 2.34. The number of ether oxygens (including phenoxy) is 2. The van der Waals surface area contributed by atoms with Gasteiger partial charge in [0.2, 0.25) is 0 Å². The van der Waals surface area contributed by atoms with Crippen LogP contribution in [0.2, 0.25) is 0 Å². The summed E-state index contributed by atoms with van der Waals surface area (Å²) < 4.78 is 11.9. The van der Waals surface area contributed by atoms with E-state index in [-0.39, 0.29) is 18.1 Å². The van der Waals surface area contributed by atoms with Crippen LogP contribution in [0.5, 0.6) is 5.75 Å². The van der Waals surface area contributed by atoms with Gasteiger partial charge in [0.15, 0.2) is 0 Å². The van der Waals surface area contributed by atoms with Crippen molar-refractivity contribution in [1.29, 1.82) is 0 Å². The first kappa shape index (κ1) is 13.9. The van der Waals surface area contributed by atoms with Crippen LogP contribution in [0.15, 0.2) is 22.7 Å². The number of benzene rings is 1. The molecule has 1 fully saturated rings. The fraction of sp³-hybridized carbons (Fsp3) is 0.533. The minimum atomic E-state index is -0.124. The van der Waals surface area contributed by atoms with E-state index in [4.69, 9.17) is 9.47 Å². The van der Waals surface area contributed by atoms with Gasteiger partial charge in [0.25, 0.3) is 0 Å². The van der Waals surface area contributed by atoms with Crippen molar-refractivity contribution in [3.05, 3.63) is 28.2 Å². The molecule has 0 amide bonds.